The maximum atomic E-state index is 13.7. The van der Waals surface area contributed by atoms with E-state index in [4.69, 9.17) is 5.73 Å². The van der Waals surface area contributed by atoms with Gasteiger partial charge in [-0.3, -0.25) is 14.4 Å². The number of aryl methyl sites for hydroxylation is 1. The van der Waals surface area contributed by atoms with Crippen LogP contribution in [0.15, 0.2) is 29.8 Å². The molecule has 3 rings (SSSR count). The second-order valence-electron chi connectivity index (χ2n) is 12.1. The highest BCUT2D eigenvalue weighted by Crippen LogP contribution is 2.28. The van der Waals surface area contributed by atoms with Gasteiger partial charge in [0.25, 0.3) is 0 Å². The zero-order valence-corrected chi connectivity index (χ0v) is 25.8. The molecule has 41 heavy (non-hydrogen) atoms. The van der Waals surface area contributed by atoms with Gasteiger partial charge >= 0.3 is 0 Å². The summed E-state index contributed by atoms with van der Waals surface area (Å²) in [5.41, 5.74) is 9.78. The zero-order chi connectivity index (χ0) is 30.0. The molecule has 1 aliphatic rings. The van der Waals surface area contributed by atoms with Crippen molar-refractivity contribution in [1.29, 1.82) is 0 Å². The summed E-state index contributed by atoms with van der Waals surface area (Å²) in [6.45, 7) is 8.74. The van der Waals surface area contributed by atoms with Gasteiger partial charge in [-0.2, -0.15) is 0 Å². The fourth-order valence-electron chi connectivity index (χ4n) is 5.15. The molecule has 0 aliphatic carbocycles. The van der Waals surface area contributed by atoms with E-state index < -0.39 is 23.6 Å². The van der Waals surface area contributed by atoms with E-state index in [0.29, 0.717) is 19.5 Å². The first-order valence-electron chi connectivity index (χ1n) is 14.8. The van der Waals surface area contributed by atoms with E-state index in [1.54, 1.807) is 11.3 Å². The lowest BCUT2D eigenvalue weighted by molar-refractivity contribution is -0.144. The highest BCUT2D eigenvalue weighted by Gasteiger charge is 2.44. The van der Waals surface area contributed by atoms with Crippen molar-refractivity contribution in [3.8, 4) is 10.4 Å². The minimum Gasteiger partial charge on any atom is -0.391 e. The molecule has 0 unspecified atom stereocenters. The fourth-order valence-corrected chi connectivity index (χ4v) is 5.96. The summed E-state index contributed by atoms with van der Waals surface area (Å²) in [5, 5.41) is 16.3. The van der Waals surface area contributed by atoms with Gasteiger partial charge in [0.2, 0.25) is 17.7 Å². The monoisotopic (exact) mass is 585 g/mol. The molecule has 1 fully saturated rings. The number of unbranched alkanes of at least 4 members (excludes halogenated alkanes) is 5. The first-order chi connectivity index (χ1) is 19.5. The first kappa shape index (κ1) is 32.7. The Labute approximate surface area is 248 Å². The Morgan fingerprint density at radius 1 is 1.10 bits per heavy atom. The van der Waals surface area contributed by atoms with Crippen LogP contribution >= 0.6 is 11.3 Å². The van der Waals surface area contributed by atoms with Crippen molar-refractivity contribution in [3.05, 3.63) is 41.0 Å². The van der Waals surface area contributed by atoms with E-state index in [1.807, 2.05) is 57.5 Å². The summed E-state index contributed by atoms with van der Waals surface area (Å²) in [6.07, 6.45) is 5.75. The minimum absolute atomic E-state index is 0.0606. The second kappa shape index (κ2) is 15.4. The lowest BCUT2D eigenvalue weighted by Gasteiger charge is -2.35. The number of carbonyl (C=O) groups excluding carboxylic acids is 3. The van der Waals surface area contributed by atoms with Crippen LogP contribution in [0.25, 0.3) is 10.4 Å². The average Bonchev–Trinajstić information content (AvgIpc) is 3.54. The van der Waals surface area contributed by atoms with Crippen molar-refractivity contribution >= 4 is 29.1 Å². The van der Waals surface area contributed by atoms with Crippen molar-refractivity contribution in [2.75, 3.05) is 13.1 Å². The molecule has 2 heterocycles. The first-order valence-corrected chi connectivity index (χ1v) is 15.6. The molecule has 1 aromatic carbocycles. The largest absolute Gasteiger partial charge is 0.391 e. The molecule has 1 aromatic heterocycles. The van der Waals surface area contributed by atoms with Gasteiger partial charge in [-0.1, -0.05) is 70.7 Å². The van der Waals surface area contributed by atoms with Gasteiger partial charge in [-0.25, -0.2) is 4.98 Å². The van der Waals surface area contributed by atoms with Crippen molar-refractivity contribution in [3.63, 3.8) is 0 Å². The third-order valence-corrected chi connectivity index (χ3v) is 8.55. The number of β-amino-alcohol motifs (C(OH)–C–C–N with tert-alkyl or cyclic N) is 1. The number of aromatic nitrogens is 1. The van der Waals surface area contributed by atoms with Crippen molar-refractivity contribution in [2.24, 2.45) is 11.1 Å². The molecular formula is C31H47N5O4S. The SMILES string of the molecule is Cc1ncsc1-c1ccc(CNC(=O)[C@@H]2C[C@@H](O)CN2C(=O)[C@H](NC(=O)CCCCCCCCN)C(C)(C)C)cc1. The number of nitrogens with one attached hydrogen (secondary N) is 2. The summed E-state index contributed by atoms with van der Waals surface area (Å²) in [7, 11) is 0. The van der Waals surface area contributed by atoms with Crippen LogP contribution in [0.1, 0.15) is 83.4 Å². The molecule has 0 radical (unpaired) electrons. The van der Waals surface area contributed by atoms with E-state index in [-0.39, 0.29) is 30.7 Å². The smallest absolute Gasteiger partial charge is 0.246 e. The van der Waals surface area contributed by atoms with Crippen LogP contribution in [0, 0.1) is 12.3 Å². The number of likely N-dealkylation sites (tertiary alicyclic amines) is 1. The highest BCUT2D eigenvalue weighted by molar-refractivity contribution is 7.13. The topological polar surface area (TPSA) is 138 Å². The Kier molecular flexibility index (Phi) is 12.3. The molecule has 3 atom stereocenters. The van der Waals surface area contributed by atoms with Crippen LogP contribution in [-0.2, 0) is 20.9 Å². The van der Waals surface area contributed by atoms with Crippen LogP contribution in [-0.4, -0.2) is 64.0 Å². The number of aliphatic hydroxyl groups is 1. The van der Waals surface area contributed by atoms with Gasteiger partial charge in [0.1, 0.15) is 12.1 Å². The van der Waals surface area contributed by atoms with E-state index in [9.17, 15) is 19.5 Å². The number of thiazole rings is 1. The van der Waals surface area contributed by atoms with Crippen LogP contribution in [0.4, 0.5) is 0 Å². The van der Waals surface area contributed by atoms with E-state index in [2.05, 4.69) is 15.6 Å². The number of amides is 3. The number of rotatable bonds is 14. The van der Waals surface area contributed by atoms with Crippen LogP contribution in [0.2, 0.25) is 0 Å². The number of nitrogens with two attached hydrogens (primary N) is 1. The van der Waals surface area contributed by atoms with Gasteiger partial charge in [0, 0.05) is 25.9 Å². The Hall–Kier alpha value is -2.82. The van der Waals surface area contributed by atoms with Crippen LogP contribution in [0.3, 0.4) is 0 Å². The molecule has 1 saturated heterocycles. The molecular weight excluding hydrogens is 538 g/mol. The Morgan fingerprint density at radius 2 is 1.76 bits per heavy atom. The molecule has 2 aromatic rings. The summed E-state index contributed by atoms with van der Waals surface area (Å²) in [4.78, 5) is 46.6. The van der Waals surface area contributed by atoms with Gasteiger partial charge < -0.3 is 26.4 Å². The van der Waals surface area contributed by atoms with Crippen LogP contribution < -0.4 is 16.4 Å². The van der Waals surface area contributed by atoms with Crippen molar-refractivity contribution in [2.45, 2.75) is 104 Å². The summed E-state index contributed by atoms with van der Waals surface area (Å²) in [6, 6.07) is 6.35. The summed E-state index contributed by atoms with van der Waals surface area (Å²) >= 11 is 1.59. The molecule has 1 aliphatic heterocycles. The number of nitrogens with zero attached hydrogens (tertiary/aromatic N) is 2. The molecule has 10 heteroatoms. The maximum Gasteiger partial charge on any atom is 0.246 e. The van der Waals surface area contributed by atoms with E-state index in [1.165, 1.54) is 4.90 Å². The standard InChI is InChI=1S/C31H47N5O4S/c1-21-27(41-20-34-21)23-14-12-22(13-15-23)18-33-29(39)25-17-24(37)19-36(25)30(40)28(31(2,3)4)35-26(38)11-9-7-5-6-8-10-16-32/h12-15,20,24-25,28,37H,5-11,16-19,32H2,1-4H3,(H,33,39)(H,35,38)/t24-,25+,28+/m1/s1. The predicted molar refractivity (Wildman–Crippen MR) is 163 cm³/mol. The lowest BCUT2D eigenvalue weighted by Crippen LogP contribution is -2.57. The molecule has 5 N–H and O–H groups in total. The summed E-state index contributed by atoms with van der Waals surface area (Å²) < 4.78 is 0. The molecule has 0 spiro atoms. The molecule has 0 bridgehead atoms. The molecule has 226 valence electrons. The van der Waals surface area contributed by atoms with Gasteiger partial charge in [0.15, 0.2) is 0 Å². The number of benzene rings is 1. The zero-order valence-electron chi connectivity index (χ0n) is 24.9. The lowest BCUT2D eigenvalue weighted by atomic mass is 9.85. The average molecular weight is 586 g/mol. The van der Waals surface area contributed by atoms with Gasteiger partial charge in [-0.15, -0.1) is 11.3 Å². The van der Waals surface area contributed by atoms with Crippen molar-refractivity contribution < 1.29 is 19.5 Å². The van der Waals surface area contributed by atoms with E-state index in [0.717, 1.165) is 60.2 Å². The molecule has 3 amide bonds. The number of hydrogen-bond acceptors (Lipinski definition) is 7. The van der Waals surface area contributed by atoms with E-state index >= 15 is 0 Å². The van der Waals surface area contributed by atoms with Crippen LogP contribution in [0.5, 0.6) is 0 Å². The third kappa shape index (κ3) is 9.61. The maximum absolute atomic E-state index is 13.7. The fraction of sp³-hybridized carbons (Fsp3) is 0.613. The Morgan fingerprint density at radius 3 is 2.37 bits per heavy atom. The highest BCUT2D eigenvalue weighted by atomic mass is 32.1. The number of hydrogen-bond donors (Lipinski definition) is 4. The minimum atomic E-state index is -0.803. The second-order valence-corrected chi connectivity index (χ2v) is 13.0. The number of carbonyl (C=O) groups is 3. The van der Waals surface area contributed by atoms with Gasteiger partial charge in [0.05, 0.1) is 22.2 Å². The third-order valence-electron chi connectivity index (χ3n) is 7.57. The quantitative estimate of drug-likeness (QED) is 0.248. The Bertz CT molecular complexity index is 1140. The Balaban J connectivity index is 1.57. The molecule has 0 saturated carbocycles. The van der Waals surface area contributed by atoms with Gasteiger partial charge in [-0.05, 0) is 42.9 Å². The normalized spacial score (nSPS) is 17.9. The predicted octanol–water partition coefficient (Wildman–Crippen LogP) is 3.92. The van der Waals surface area contributed by atoms with Crippen molar-refractivity contribution in [1.82, 2.24) is 20.5 Å². The number of aliphatic hydroxyl groups excluding tert-OH is 1. The summed E-state index contributed by atoms with van der Waals surface area (Å²) in [5.74, 6) is -0.822. The molecule has 9 nitrogen and oxygen atoms in total.